The highest BCUT2D eigenvalue weighted by Crippen LogP contribution is 2.01. The molecule has 5 heteroatoms. The number of carbonyl (C=O) groups is 1. The summed E-state index contributed by atoms with van der Waals surface area (Å²) in [5.41, 5.74) is 4.12. The van der Waals surface area contributed by atoms with Gasteiger partial charge in [-0.1, -0.05) is 30.3 Å². The van der Waals surface area contributed by atoms with Gasteiger partial charge in [0.1, 0.15) is 6.61 Å². The van der Waals surface area contributed by atoms with Crippen LogP contribution < -0.4 is 5.43 Å². The quantitative estimate of drug-likeness (QED) is 0.809. The van der Waals surface area contributed by atoms with Gasteiger partial charge in [0.15, 0.2) is 0 Å². The lowest BCUT2D eigenvalue weighted by molar-refractivity contribution is 0.140. The van der Waals surface area contributed by atoms with Gasteiger partial charge in [-0.2, -0.15) is 5.10 Å². The fraction of sp³-hybridized carbons (Fsp3) is 0.333. The van der Waals surface area contributed by atoms with Crippen LogP contribution >= 0.6 is 0 Å². The van der Waals surface area contributed by atoms with Gasteiger partial charge in [-0.3, -0.25) is 0 Å². The molecule has 0 aromatic heterocycles. The second-order valence-electron chi connectivity index (χ2n) is 3.65. The number of ether oxygens (including phenoxy) is 2. The number of hydrazone groups is 1. The summed E-state index contributed by atoms with van der Waals surface area (Å²) in [5.74, 6) is 0. The molecule has 5 nitrogen and oxygen atoms in total. The Bertz CT molecular complexity index is 395. The molecule has 0 atom stereocenters. The van der Waals surface area contributed by atoms with Gasteiger partial charge >= 0.3 is 6.09 Å². The van der Waals surface area contributed by atoms with Crippen molar-refractivity contribution in [1.82, 2.24) is 5.43 Å². The Morgan fingerprint density at radius 1 is 1.41 bits per heavy atom. The number of benzene rings is 1. The molecule has 1 N–H and O–H groups in total. The molecule has 1 aliphatic rings. The van der Waals surface area contributed by atoms with Crippen LogP contribution in [0.1, 0.15) is 12.0 Å². The van der Waals surface area contributed by atoms with Crippen LogP contribution in [-0.2, 0) is 16.1 Å². The maximum Gasteiger partial charge on any atom is 0.428 e. The van der Waals surface area contributed by atoms with E-state index in [0.717, 1.165) is 17.7 Å². The largest absolute Gasteiger partial charge is 0.443 e. The van der Waals surface area contributed by atoms with E-state index in [0.29, 0.717) is 13.2 Å². The van der Waals surface area contributed by atoms with Gasteiger partial charge in [0.2, 0.25) is 0 Å². The lowest BCUT2D eigenvalue weighted by atomic mass is 10.2. The summed E-state index contributed by atoms with van der Waals surface area (Å²) in [5, 5.41) is 3.90. The predicted molar refractivity (Wildman–Crippen MR) is 62.6 cm³/mol. The summed E-state index contributed by atoms with van der Waals surface area (Å²) in [6.07, 6.45) is 0.215. The van der Waals surface area contributed by atoms with Crippen LogP contribution in [0.2, 0.25) is 0 Å². The molecule has 1 amide bonds. The van der Waals surface area contributed by atoms with E-state index in [1.165, 1.54) is 0 Å². The summed E-state index contributed by atoms with van der Waals surface area (Å²) in [6, 6.07) is 9.49. The van der Waals surface area contributed by atoms with Crippen LogP contribution in [-0.4, -0.2) is 25.0 Å². The first-order chi connectivity index (χ1) is 8.34. The van der Waals surface area contributed by atoms with E-state index >= 15 is 0 Å². The first-order valence-electron chi connectivity index (χ1n) is 5.44. The average Bonchev–Trinajstić information content (AvgIpc) is 2.88. The molecule has 0 unspecified atom stereocenters. The van der Waals surface area contributed by atoms with E-state index in [9.17, 15) is 4.79 Å². The predicted octanol–water partition coefficient (Wildman–Crippen LogP) is 1.69. The Kier molecular flexibility index (Phi) is 4.10. The molecule has 0 bridgehead atoms. The Morgan fingerprint density at radius 2 is 2.24 bits per heavy atom. The minimum absolute atomic E-state index is 0.244. The molecule has 1 saturated heterocycles. The molecule has 0 radical (unpaired) electrons. The fourth-order valence-corrected chi connectivity index (χ4v) is 1.42. The van der Waals surface area contributed by atoms with Gasteiger partial charge < -0.3 is 9.47 Å². The number of hydrogen-bond donors (Lipinski definition) is 1. The topological polar surface area (TPSA) is 59.9 Å². The summed E-state index contributed by atoms with van der Waals surface area (Å²) >= 11 is 0. The van der Waals surface area contributed by atoms with E-state index in [-0.39, 0.29) is 6.61 Å². The fourth-order valence-electron chi connectivity index (χ4n) is 1.42. The zero-order valence-corrected chi connectivity index (χ0v) is 9.39. The summed E-state index contributed by atoms with van der Waals surface area (Å²) < 4.78 is 10.1. The normalized spacial score (nSPS) is 17.1. The molecule has 2 rings (SSSR count). The molecule has 17 heavy (non-hydrogen) atoms. The molecule has 1 fully saturated rings. The highest BCUT2D eigenvalue weighted by molar-refractivity contribution is 5.87. The number of rotatable bonds is 3. The standard InChI is InChI=1S/C12H14N2O3/c15-12(14-13-11-6-7-16-9-11)17-8-10-4-2-1-3-5-10/h1-5H,6-9H2,(H,14,15)/b13-11+. The van der Waals surface area contributed by atoms with Crippen molar-refractivity contribution in [1.29, 1.82) is 0 Å². The number of carbonyl (C=O) groups excluding carboxylic acids is 1. The van der Waals surface area contributed by atoms with Gasteiger partial charge in [-0.25, -0.2) is 10.2 Å². The van der Waals surface area contributed by atoms with Gasteiger partial charge in [0, 0.05) is 6.42 Å². The molecule has 1 heterocycles. The van der Waals surface area contributed by atoms with Crippen molar-refractivity contribution in [3.63, 3.8) is 0 Å². The summed E-state index contributed by atoms with van der Waals surface area (Å²) in [7, 11) is 0. The molecule has 1 aromatic carbocycles. The SMILES string of the molecule is O=C(N/N=C1\CCOC1)OCc1ccccc1. The number of hydrogen-bond acceptors (Lipinski definition) is 4. The molecular weight excluding hydrogens is 220 g/mol. The molecule has 1 aromatic rings. The highest BCUT2D eigenvalue weighted by atomic mass is 16.6. The Balaban J connectivity index is 1.72. The molecule has 0 spiro atoms. The Labute approximate surface area is 99.4 Å². The van der Waals surface area contributed by atoms with Gasteiger partial charge in [-0.05, 0) is 5.56 Å². The zero-order valence-electron chi connectivity index (χ0n) is 9.39. The smallest absolute Gasteiger partial charge is 0.428 e. The molecule has 0 saturated carbocycles. The van der Waals surface area contributed by atoms with E-state index in [4.69, 9.17) is 9.47 Å². The third-order valence-electron chi connectivity index (χ3n) is 2.32. The van der Waals surface area contributed by atoms with Crippen molar-refractivity contribution < 1.29 is 14.3 Å². The third kappa shape index (κ3) is 3.88. The lowest BCUT2D eigenvalue weighted by Gasteiger charge is -2.03. The second kappa shape index (κ2) is 6.00. The van der Waals surface area contributed by atoms with Crippen molar-refractivity contribution in [3.05, 3.63) is 35.9 Å². The van der Waals surface area contributed by atoms with Gasteiger partial charge in [0.05, 0.1) is 18.9 Å². The number of nitrogens with one attached hydrogen (secondary N) is 1. The second-order valence-corrected chi connectivity index (χ2v) is 3.65. The zero-order chi connectivity index (χ0) is 11.9. The highest BCUT2D eigenvalue weighted by Gasteiger charge is 2.09. The van der Waals surface area contributed by atoms with E-state index in [1.807, 2.05) is 30.3 Å². The van der Waals surface area contributed by atoms with Crippen molar-refractivity contribution in [2.75, 3.05) is 13.2 Å². The minimum atomic E-state index is -0.548. The van der Waals surface area contributed by atoms with Crippen molar-refractivity contribution in [3.8, 4) is 0 Å². The molecular formula is C12H14N2O3. The Hall–Kier alpha value is -1.88. The minimum Gasteiger partial charge on any atom is -0.443 e. The van der Waals surface area contributed by atoms with Crippen LogP contribution in [0.3, 0.4) is 0 Å². The lowest BCUT2D eigenvalue weighted by Crippen LogP contribution is -2.20. The van der Waals surface area contributed by atoms with Crippen LogP contribution in [0.15, 0.2) is 35.4 Å². The molecule has 90 valence electrons. The molecule has 0 aliphatic carbocycles. The number of amides is 1. The third-order valence-corrected chi connectivity index (χ3v) is 2.32. The van der Waals surface area contributed by atoms with Crippen LogP contribution in [0.5, 0.6) is 0 Å². The van der Waals surface area contributed by atoms with Crippen LogP contribution in [0.25, 0.3) is 0 Å². The maximum absolute atomic E-state index is 11.3. The number of nitrogens with zero attached hydrogens (tertiary/aromatic N) is 1. The first-order valence-corrected chi connectivity index (χ1v) is 5.44. The van der Waals surface area contributed by atoms with Crippen molar-refractivity contribution in [2.45, 2.75) is 13.0 Å². The maximum atomic E-state index is 11.3. The van der Waals surface area contributed by atoms with Crippen molar-refractivity contribution >= 4 is 11.8 Å². The van der Waals surface area contributed by atoms with Gasteiger partial charge in [-0.15, -0.1) is 0 Å². The summed E-state index contributed by atoms with van der Waals surface area (Å²) in [6.45, 7) is 1.40. The van der Waals surface area contributed by atoms with E-state index in [1.54, 1.807) is 0 Å². The monoisotopic (exact) mass is 234 g/mol. The Morgan fingerprint density at radius 3 is 2.94 bits per heavy atom. The van der Waals surface area contributed by atoms with Gasteiger partial charge in [0.25, 0.3) is 0 Å². The summed E-state index contributed by atoms with van der Waals surface area (Å²) in [4.78, 5) is 11.3. The van der Waals surface area contributed by atoms with Crippen LogP contribution in [0.4, 0.5) is 4.79 Å². The van der Waals surface area contributed by atoms with E-state index in [2.05, 4.69) is 10.5 Å². The first kappa shape index (κ1) is 11.6. The van der Waals surface area contributed by atoms with Crippen molar-refractivity contribution in [2.24, 2.45) is 5.10 Å². The van der Waals surface area contributed by atoms with E-state index < -0.39 is 6.09 Å². The van der Waals surface area contributed by atoms with Crippen LogP contribution in [0, 0.1) is 0 Å². The average molecular weight is 234 g/mol. The molecule has 1 aliphatic heterocycles.